The standard InChI is InChI=1S/C7H16NP/c1-6-4-2-3-5-7(6)8-9/h6-8H,2-5,9H2,1H3/t6-,7?/m0/s1. The van der Waals surface area contributed by atoms with Crippen LogP contribution in [0.3, 0.4) is 0 Å². The zero-order chi connectivity index (χ0) is 6.69. The molecule has 1 saturated carbocycles. The van der Waals surface area contributed by atoms with Crippen LogP contribution in [0.25, 0.3) is 0 Å². The van der Waals surface area contributed by atoms with Gasteiger partial charge in [-0.05, 0) is 18.8 Å². The molecule has 1 fully saturated rings. The van der Waals surface area contributed by atoms with Gasteiger partial charge in [0.2, 0.25) is 0 Å². The Labute approximate surface area is 59.9 Å². The van der Waals surface area contributed by atoms with Crippen molar-refractivity contribution in [3.05, 3.63) is 0 Å². The molecule has 1 rings (SSSR count). The van der Waals surface area contributed by atoms with Gasteiger partial charge in [-0.3, -0.25) is 5.09 Å². The van der Waals surface area contributed by atoms with Crippen LogP contribution >= 0.6 is 9.39 Å². The van der Waals surface area contributed by atoms with Crippen molar-refractivity contribution in [1.29, 1.82) is 0 Å². The minimum absolute atomic E-state index is 0.767. The first-order valence-electron chi connectivity index (χ1n) is 3.80. The molecule has 0 aromatic rings. The van der Waals surface area contributed by atoms with E-state index in [2.05, 4.69) is 21.4 Å². The zero-order valence-electron chi connectivity index (χ0n) is 6.06. The van der Waals surface area contributed by atoms with Crippen LogP contribution in [0.4, 0.5) is 0 Å². The topological polar surface area (TPSA) is 12.0 Å². The Morgan fingerprint density at radius 2 is 2.00 bits per heavy atom. The maximum atomic E-state index is 3.27. The normalized spacial score (nSPS) is 36.7. The second kappa shape index (κ2) is 3.53. The summed E-state index contributed by atoms with van der Waals surface area (Å²) in [6.45, 7) is 2.33. The maximum absolute atomic E-state index is 3.27. The molecule has 0 aromatic heterocycles. The molecule has 2 unspecified atom stereocenters. The summed E-state index contributed by atoms with van der Waals surface area (Å²) in [6, 6.07) is 0.767. The molecule has 1 N–H and O–H groups in total. The summed E-state index contributed by atoms with van der Waals surface area (Å²) in [5.41, 5.74) is 0. The smallest absolute Gasteiger partial charge is 0.0124 e. The molecule has 0 aliphatic heterocycles. The van der Waals surface area contributed by atoms with E-state index < -0.39 is 0 Å². The van der Waals surface area contributed by atoms with E-state index in [9.17, 15) is 0 Å². The highest BCUT2D eigenvalue weighted by Crippen LogP contribution is 2.23. The van der Waals surface area contributed by atoms with Crippen molar-refractivity contribution in [1.82, 2.24) is 5.09 Å². The zero-order valence-corrected chi connectivity index (χ0v) is 7.22. The van der Waals surface area contributed by atoms with E-state index in [0.29, 0.717) is 0 Å². The first kappa shape index (κ1) is 7.50. The summed E-state index contributed by atoms with van der Waals surface area (Å²) in [4.78, 5) is 0. The Balaban J connectivity index is 2.30. The summed E-state index contributed by atoms with van der Waals surface area (Å²) in [6.07, 6.45) is 5.62. The highest BCUT2D eigenvalue weighted by Gasteiger charge is 2.18. The molecule has 54 valence electrons. The Morgan fingerprint density at radius 1 is 1.33 bits per heavy atom. The highest BCUT2D eigenvalue weighted by molar-refractivity contribution is 7.13. The molecule has 0 saturated heterocycles. The van der Waals surface area contributed by atoms with Gasteiger partial charge in [0.15, 0.2) is 0 Å². The lowest BCUT2D eigenvalue weighted by atomic mass is 9.87. The van der Waals surface area contributed by atoms with E-state index in [4.69, 9.17) is 0 Å². The van der Waals surface area contributed by atoms with Crippen molar-refractivity contribution in [3.63, 3.8) is 0 Å². The van der Waals surface area contributed by atoms with E-state index >= 15 is 0 Å². The van der Waals surface area contributed by atoms with Gasteiger partial charge >= 0.3 is 0 Å². The van der Waals surface area contributed by atoms with Crippen LogP contribution in [0.2, 0.25) is 0 Å². The third kappa shape index (κ3) is 1.91. The van der Waals surface area contributed by atoms with Crippen molar-refractivity contribution in [2.45, 2.75) is 38.6 Å². The average molecular weight is 145 g/mol. The van der Waals surface area contributed by atoms with Gasteiger partial charge in [-0.1, -0.05) is 29.2 Å². The van der Waals surface area contributed by atoms with E-state index in [0.717, 1.165) is 12.0 Å². The number of nitrogens with one attached hydrogen (secondary N) is 1. The van der Waals surface area contributed by atoms with Crippen LogP contribution < -0.4 is 5.09 Å². The van der Waals surface area contributed by atoms with Gasteiger partial charge in [0.25, 0.3) is 0 Å². The first-order valence-corrected chi connectivity index (χ1v) is 4.38. The lowest BCUT2D eigenvalue weighted by Crippen LogP contribution is -2.30. The van der Waals surface area contributed by atoms with Crippen molar-refractivity contribution in [2.75, 3.05) is 0 Å². The second-order valence-electron chi connectivity index (χ2n) is 3.03. The summed E-state index contributed by atoms with van der Waals surface area (Å²) >= 11 is 0. The second-order valence-corrected chi connectivity index (χ2v) is 3.37. The predicted molar refractivity (Wildman–Crippen MR) is 44.3 cm³/mol. The third-order valence-electron chi connectivity index (χ3n) is 2.33. The quantitative estimate of drug-likeness (QED) is 0.556. The molecule has 0 radical (unpaired) electrons. The highest BCUT2D eigenvalue weighted by atomic mass is 31.0. The number of rotatable bonds is 1. The molecule has 0 bridgehead atoms. The molecule has 9 heavy (non-hydrogen) atoms. The van der Waals surface area contributed by atoms with Gasteiger partial charge in [0, 0.05) is 6.04 Å². The Morgan fingerprint density at radius 3 is 2.44 bits per heavy atom. The van der Waals surface area contributed by atoms with Crippen LogP contribution in [-0.2, 0) is 0 Å². The predicted octanol–water partition coefficient (Wildman–Crippen LogP) is 1.94. The SMILES string of the molecule is C[C@H]1CCCCC1NP. The fourth-order valence-corrected chi connectivity index (χ4v) is 2.06. The molecule has 1 nitrogen and oxygen atoms in total. The fourth-order valence-electron chi connectivity index (χ4n) is 1.56. The molecule has 3 atom stereocenters. The van der Waals surface area contributed by atoms with Gasteiger partial charge < -0.3 is 0 Å². The summed E-state index contributed by atoms with van der Waals surface area (Å²) < 4.78 is 0. The third-order valence-corrected chi connectivity index (χ3v) is 2.75. The average Bonchev–Trinajstić information content (AvgIpc) is 1.89. The van der Waals surface area contributed by atoms with Gasteiger partial charge in [0.05, 0.1) is 0 Å². The number of hydrogen-bond donors (Lipinski definition) is 1. The molecule has 2 heteroatoms. The maximum Gasteiger partial charge on any atom is 0.0124 e. The van der Waals surface area contributed by atoms with Crippen LogP contribution in [-0.4, -0.2) is 6.04 Å². The summed E-state index contributed by atoms with van der Waals surface area (Å²) in [5.74, 6) is 0.885. The van der Waals surface area contributed by atoms with Crippen molar-refractivity contribution < 1.29 is 0 Å². The largest absolute Gasteiger partial charge is 0.297 e. The van der Waals surface area contributed by atoms with Crippen molar-refractivity contribution in [3.8, 4) is 0 Å². The van der Waals surface area contributed by atoms with E-state index in [1.807, 2.05) is 0 Å². The summed E-state index contributed by atoms with van der Waals surface area (Å²) in [7, 11) is 2.62. The Bertz CT molecular complexity index is 85.0. The van der Waals surface area contributed by atoms with Crippen LogP contribution in [0.5, 0.6) is 0 Å². The molecular weight excluding hydrogens is 129 g/mol. The number of hydrogen-bond acceptors (Lipinski definition) is 1. The van der Waals surface area contributed by atoms with Gasteiger partial charge in [0.1, 0.15) is 0 Å². The van der Waals surface area contributed by atoms with Crippen LogP contribution in [0.15, 0.2) is 0 Å². The summed E-state index contributed by atoms with van der Waals surface area (Å²) in [5, 5.41) is 3.27. The van der Waals surface area contributed by atoms with Crippen molar-refractivity contribution >= 4 is 9.39 Å². The van der Waals surface area contributed by atoms with E-state index in [1.54, 1.807) is 0 Å². The van der Waals surface area contributed by atoms with Gasteiger partial charge in [-0.25, -0.2) is 0 Å². The molecule has 0 heterocycles. The fraction of sp³-hybridized carbons (Fsp3) is 1.00. The molecule has 1 aliphatic rings. The first-order chi connectivity index (χ1) is 4.34. The Kier molecular flexibility index (Phi) is 2.94. The minimum atomic E-state index is 0.767. The molecule has 0 amide bonds. The molecule has 0 aromatic carbocycles. The molecule has 0 spiro atoms. The molecular formula is C7H16NP. The minimum Gasteiger partial charge on any atom is -0.297 e. The van der Waals surface area contributed by atoms with E-state index in [1.165, 1.54) is 25.7 Å². The Hall–Kier alpha value is 0.390. The van der Waals surface area contributed by atoms with Gasteiger partial charge in [-0.15, -0.1) is 0 Å². The van der Waals surface area contributed by atoms with E-state index in [-0.39, 0.29) is 0 Å². The van der Waals surface area contributed by atoms with Crippen LogP contribution in [0, 0.1) is 5.92 Å². The molecule has 1 aliphatic carbocycles. The lowest BCUT2D eigenvalue weighted by molar-refractivity contribution is 0.316. The van der Waals surface area contributed by atoms with Crippen molar-refractivity contribution in [2.24, 2.45) is 5.92 Å². The monoisotopic (exact) mass is 145 g/mol. The van der Waals surface area contributed by atoms with Gasteiger partial charge in [-0.2, -0.15) is 0 Å². The lowest BCUT2D eigenvalue weighted by Gasteiger charge is -2.27. The van der Waals surface area contributed by atoms with Crippen LogP contribution in [0.1, 0.15) is 32.6 Å².